The predicted octanol–water partition coefficient (Wildman–Crippen LogP) is 4.22. The Balaban J connectivity index is 2.05. The fraction of sp³-hybridized carbons (Fsp3) is 0.438. The molecule has 0 N–H and O–H groups in total. The third-order valence-electron chi connectivity index (χ3n) is 3.26. The van der Waals surface area contributed by atoms with Crippen LogP contribution in [-0.2, 0) is 9.53 Å². The molecule has 0 spiro atoms. The molecule has 1 atom stereocenters. The molecule has 1 saturated heterocycles. The molecule has 1 aliphatic heterocycles. The molecule has 0 radical (unpaired) electrons. The summed E-state index contributed by atoms with van der Waals surface area (Å²) in [6, 6.07) is 8.20. The van der Waals surface area contributed by atoms with Gasteiger partial charge in [-0.2, -0.15) is 0 Å². The van der Waals surface area contributed by atoms with Gasteiger partial charge in [-0.15, -0.1) is 11.8 Å². The average Bonchev–Trinajstić information content (AvgIpc) is 2.92. The molecule has 1 aromatic carbocycles. The zero-order valence-corrected chi connectivity index (χ0v) is 12.3. The van der Waals surface area contributed by atoms with E-state index in [1.54, 1.807) is 0 Å². The number of thioether (sulfide) groups is 1. The SMILES string of the molecule is CCOC(=O)C(C)c1ccc(/C=C2\CCCS2)cc1. The molecule has 1 fully saturated rings. The topological polar surface area (TPSA) is 26.3 Å². The van der Waals surface area contributed by atoms with E-state index in [4.69, 9.17) is 4.74 Å². The lowest BCUT2D eigenvalue weighted by Gasteiger charge is -2.10. The van der Waals surface area contributed by atoms with Gasteiger partial charge in [0.1, 0.15) is 0 Å². The molecule has 0 aromatic heterocycles. The first kappa shape index (κ1) is 14.2. The second-order valence-electron chi connectivity index (χ2n) is 4.70. The first-order chi connectivity index (χ1) is 9.20. The highest BCUT2D eigenvalue weighted by atomic mass is 32.2. The lowest BCUT2D eigenvalue weighted by molar-refractivity contribution is -0.144. The number of rotatable bonds is 4. The fourth-order valence-corrected chi connectivity index (χ4v) is 3.16. The maximum atomic E-state index is 11.7. The highest BCUT2D eigenvalue weighted by molar-refractivity contribution is 8.03. The maximum Gasteiger partial charge on any atom is 0.313 e. The van der Waals surface area contributed by atoms with Crippen LogP contribution in [0, 0.1) is 0 Å². The summed E-state index contributed by atoms with van der Waals surface area (Å²) in [7, 11) is 0. The van der Waals surface area contributed by atoms with Crippen LogP contribution in [-0.4, -0.2) is 18.3 Å². The molecule has 1 aromatic rings. The number of carbonyl (C=O) groups excluding carboxylic acids is 1. The molecule has 3 heteroatoms. The molecule has 1 aliphatic rings. The Bertz CT molecular complexity index is 454. The van der Waals surface area contributed by atoms with Crippen LogP contribution in [0.15, 0.2) is 29.2 Å². The summed E-state index contributed by atoms with van der Waals surface area (Å²) >= 11 is 1.95. The van der Waals surface area contributed by atoms with Gasteiger partial charge in [-0.25, -0.2) is 0 Å². The summed E-state index contributed by atoms with van der Waals surface area (Å²) in [6.07, 6.45) is 4.73. The van der Waals surface area contributed by atoms with E-state index in [1.807, 2.05) is 37.7 Å². The molecule has 1 unspecified atom stereocenters. The van der Waals surface area contributed by atoms with E-state index in [-0.39, 0.29) is 11.9 Å². The Morgan fingerprint density at radius 1 is 1.42 bits per heavy atom. The van der Waals surface area contributed by atoms with E-state index in [0.29, 0.717) is 6.61 Å². The van der Waals surface area contributed by atoms with Crippen LogP contribution in [0.4, 0.5) is 0 Å². The van der Waals surface area contributed by atoms with Crippen molar-refractivity contribution in [3.05, 3.63) is 40.3 Å². The van der Waals surface area contributed by atoms with E-state index in [0.717, 1.165) is 5.56 Å². The van der Waals surface area contributed by atoms with Crippen molar-refractivity contribution in [3.63, 3.8) is 0 Å². The van der Waals surface area contributed by atoms with Crippen molar-refractivity contribution in [1.82, 2.24) is 0 Å². The minimum atomic E-state index is -0.192. The molecule has 0 saturated carbocycles. The normalized spacial score (nSPS) is 18.5. The van der Waals surface area contributed by atoms with Gasteiger partial charge in [0.25, 0.3) is 0 Å². The molecule has 19 heavy (non-hydrogen) atoms. The van der Waals surface area contributed by atoms with Crippen molar-refractivity contribution >= 4 is 23.8 Å². The highest BCUT2D eigenvalue weighted by Crippen LogP contribution is 2.32. The van der Waals surface area contributed by atoms with Gasteiger partial charge in [-0.3, -0.25) is 4.79 Å². The quantitative estimate of drug-likeness (QED) is 0.770. The first-order valence-electron chi connectivity index (χ1n) is 6.80. The summed E-state index contributed by atoms with van der Waals surface area (Å²) in [5.74, 6) is 0.895. The van der Waals surface area contributed by atoms with Gasteiger partial charge in [0, 0.05) is 0 Å². The third kappa shape index (κ3) is 3.87. The monoisotopic (exact) mass is 276 g/mol. The number of benzene rings is 1. The predicted molar refractivity (Wildman–Crippen MR) is 81.2 cm³/mol. The van der Waals surface area contributed by atoms with Crippen LogP contribution in [0.1, 0.15) is 43.7 Å². The van der Waals surface area contributed by atoms with Crippen LogP contribution in [0.2, 0.25) is 0 Å². The van der Waals surface area contributed by atoms with E-state index in [9.17, 15) is 4.79 Å². The van der Waals surface area contributed by atoms with Gasteiger partial charge in [-0.05, 0) is 54.6 Å². The molecule has 1 heterocycles. The van der Waals surface area contributed by atoms with Gasteiger partial charge in [0.05, 0.1) is 12.5 Å². The largest absolute Gasteiger partial charge is 0.466 e. The zero-order valence-electron chi connectivity index (χ0n) is 11.5. The Hall–Kier alpha value is -1.22. The fourth-order valence-electron chi connectivity index (χ4n) is 2.11. The molecular weight excluding hydrogens is 256 g/mol. The van der Waals surface area contributed by atoms with Crippen molar-refractivity contribution in [2.45, 2.75) is 32.6 Å². The first-order valence-corrected chi connectivity index (χ1v) is 7.79. The second kappa shape index (κ2) is 6.80. The molecule has 0 bridgehead atoms. The van der Waals surface area contributed by atoms with E-state index in [1.165, 1.54) is 29.1 Å². The number of hydrogen-bond acceptors (Lipinski definition) is 3. The lowest BCUT2D eigenvalue weighted by atomic mass is 10.00. The lowest BCUT2D eigenvalue weighted by Crippen LogP contribution is -2.12. The van der Waals surface area contributed by atoms with Crippen LogP contribution in [0.3, 0.4) is 0 Å². The molecular formula is C16H20O2S. The molecule has 0 aliphatic carbocycles. The van der Waals surface area contributed by atoms with Crippen molar-refractivity contribution in [1.29, 1.82) is 0 Å². The third-order valence-corrected chi connectivity index (χ3v) is 4.44. The second-order valence-corrected chi connectivity index (χ2v) is 5.92. The van der Waals surface area contributed by atoms with E-state index in [2.05, 4.69) is 18.2 Å². The van der Waals surface area contributed by atoms with Crippen LogP contribution in [0.5, 0.6) is 0 Å². The highest BCUT2D eigenvalue weighted by Gasteiger charge is 2.15. The molecule has 2 rings (SSSR count). The van der Waals surface area contributed by atoms with E-state index < -0.39 is 0 Å². The van der Waals surface area contributed by atoms with Crippen LogP contribution >= 0.6 is 11.8 Å². The number of ether oxygens (including phenoxy) is 1. The summed E-state index contributed by atoms with van der Waals surface area (Å²) in [5.41, 5.74) is 2.23. The number of allylic oxidation sites excluding steroid dienone is 1. The summed E-state index contributed by atoms with van der Waals surface area (Å²) in [4.78, 5) is 13.1. The molecule has 2 nitrogen and oxygen atoms in total. The van der Waals surface area contributed by atoms with Crippen molar-refractivity contribution in [2.24, 2.45) is 0 Å². The van der Waals surface area contributed by atoms with Gasteiger partial charge in [-0.1, -0.05) is 24.3 Å². The van der Waals surface area contributed by atoms with Crippen LogP contribution < -0.4 is 0 Å². The Morgan fingerprint density at radius 2 is 2.16 bits per heavy atom. The van der Waals surface area contributed by atoms with Gasteiger partial charge in [0.15, 0.2) is 0 Å². The summed E-state index contributed by atoms with van der Waals surface area (Å²) < 4.78 is 5.04. The minimum absolute atomic E-state index is 0.153. The van der Waals surface area contributed by atoms with Gasteiger partial charge < -0.3 is 4.74 Å². The summed E-state index contributed by atoms with van der Waals surface area (Å²) in [5, 5.41) is 0. The number of hydrogen-bond donors (Lipinski definition) is 0. The number of esters is 1. The van der Waals surface area contributed by atoms with Crippen molar-refractivity contribution < 1.29 is 9.53 Å². The minimum Gasteiger partial charge on any atom is -0.466 e. The van der Waals surface area contributed by atoms with E-state index >= 15 is 0 Å². The Morgan fingerprint density at radius 3 is 2.74 bits per heavy atom. The summed E-state index contributed by atoms with van der Waals surface area (Å²) in [6.45, 7) is 4.15. The average molecular weight is 276 g/mol. The molecule has 0 amide bonds. The van der Waals surface area contributed by atoms with Crippen molar-refractivity contribution in [3.8, 4) is 0 Å². The van der Waals surface area contributed by atoms with Crippen LogP contribution in [0.25, 0.3) is 6.08 Å². The standard InChI is InChI=1S/C16H20O2S/c1-3-18-16(17)12(2)14-8-6-13(7-9-14)11-15-5-4-10-19-15/h6-9,11-12H,3-5,10H2,1-2H3/b15-11+. The van der Waals surface area contributed by atoms with Crippen molar-refractivity contribution in [2.75, 3.05) is 12.4 Å². The molecule has 102 valence electrons. The number of carbonyl (C=O) groups is 1. The maximum absolute atomic E-state index is 11.7. The zero-order chi connectivity index (χ0) is 13.7. The Kier molecular flexibility index (Phi) is 5.08. The Labute approximate surface area is 119 Å². The van der Waals surface area contributed by atoms with Gasteiger partial charge in [0.2, 0.25) is 0 Å². The van der Waals surface area contributed by atoms with Gasteiger partial charge >= 0.3 is 5.97 Å². The smallest absolute Gasteiger partial charge is 0.313 e.